The fourth-order valence-corrected chi connectivity index (χ4v) is 2.16. The minimum Gasteiger partial charge on any atom is -0.398 e. The van der Waals surface area contributed by atoms with Crippen LogP contribution >= 0.6 is 0 Å². The average molecular weight is 221 g/mol. The summed E-state index contributed by atoms with van der Waals surface area (Å²) in [5, 5.41) is 4.31. The first-order chi connectivity index (χ1) is 8.29. The van der Waals surface area contributed by atoms with Crippen molar-refractivity contribution in [3.05, 3.63) is 54.1 Å². The van der Waals surface area contributed by atoms with Crippen molar-refractivity contribution >= 4 is 33.5 Å². The molecule has 17 heavy (non-hydrogen) atoms. The molecule has 2 heteroatoms. The van der Waals surface area contributed by atoms with E-state index in [0.717, 1.165) is 22.4 Å². The van der Waals surface area contributed by atoms with Crippen LogP contribution in [0.5, 0.6) is 0 Å². The summed E-state index contributed by atoms with van der Waals surface area (Å²) >= 11 is 0. The second kappa shape index (κ2) is 3.59. The van der Waals surface area contributed by atoms with Gasteiger partial charge in [-0.2, -0.15) is 0 Å². The Kier molecular flexibility index (Phi) is 2.08. The number of aldehydes is 1. The van der Waals surface area contributed by atoms with Crippen LogP contribution in [0.15, 0.2) is 48.5 Å². The molecule has 2 nitrogen and oxygen atoms in total. The summed E-state index contributed by atoms with van der Waals surface area (Å²) in [6.07, 6.45) is 0.796. The molecule has 3 aromatic carbocycles. The number of benzene rings is 3. The van der Waals surface area contributed by atoms with E-state index in [1.807, 2.05) is 30.3 Å². The van der Waals surface area contributed by atoms with E-state index in [4.69, 9.17) is 5.73 Å². The molecule has 0 aliphatic heterocycles. The third-order valence-electron chi connectivity index (χ3n) is 3.09. The van der Waals surface area contributed by atoms with Crippen molar-refractivity contribution in [2.45, 2.75) is 0 Å². The van der Waals surface area contributed by atoms with E-state index in [2.05, 4.69) is 12.1 Å². The summed E-state index contributed by atoms with van der Waals surface area (Å²) < 4.78 is 0. The molecule has 0 aliphatic carbocycles. The van der Waals surface area contributed by atoms with Gasteiger partial charge in [-0.25, -0.2) is 0 Å². The molecule has 0 bridgehead atoms. The van der Waals surface area contributed by atoms with Crippen LogP contribution in [0.2, 0.25) is 0 Å². The van der Waals surface area contributed by atoms with Crippen molar-refractivity contribution in [1.82, 2.24) is 0 Å². The Hall–Kier alpha value is -2.35. The monoisotopic (exact) mass is 221 g/mol. The number of carbonyl (C=O) groups excluding carboxylic acids is 1. The van der Waals surface area contributed by atoms with Gasteiger partial charge in [0, 0.05) is 10.9 Å². The molecule has 0 saturated heterocycles. The molecule has 0 aromatic heterocycles. The van der Waals surface area contributed by atoms with Gasteiger partial charge < -0.3 is 5.73 Å². The molecule has 0 atom stereocenters. The van der Waals surface area contributed by atoms with Gasteiger partial charge >= 0.3 is 0 Å². The second-order valence-electron chi connectivity index (χ2n) is 4.11. The van der Waals surface area contributed by atoms with E-state index in [9.17, 15) is 4.79 Å². The van der Waals surface area contributed by atoms with E-state index in [1.54, 1.807) is 6.07 Å². The minimum absolute atomic E-state index is 0.549. The number of nitrogen functional groups attached to an aromatic ring is 1. The number of carbonyl (C=O) groups is 1. The van der Waals surface area contributed by atoms with Gasteiger partial charge in [-0.1, -0.05) is 30.3 Å². The van der Waals surface area contributed by atoms with Crippen molar-refractivity contribution in [3.8, 4) is 0 Å². The molecule has 0 amide bonds. The normalized spacial score (nSPS) is 10.8. The lowest BCUT2D eigenvalue weighted by atomic mass is 10.0. The lowest BCUT2D eigenvalue weighted by molar-refractivity contribution is 0.112. The van der Waals surface area contributed by atoms with Gasteiger partial charge in [0.15, 0.2) is 6.29 Å². The third kappa shape index (κ3) is 1.46. The van der Waals surface area contributed by atoms with Crippen molar-refractivity contribution < 1.29 is 4.79 Å². The summed E-state index contributed by atoms with van der Waals surface area (Å²) in [6.45, 7) is 0. The molecular formula is C15H11NO. The van der Waals surface area contributed by atoms with Gasteiger partial charge in [0.05, 0.1) is 5.69 Å². The minimum atomic E-state index is 0.549. The maximum atomic E-state index is 10.9. The van der Waals surface area contributed by atoms with Crippen molar-refractivity contribution in [3.63, 3.8) is 0 Å². The predicted molar refractivity (Wildman–Crippen MR) is 71.3 cm³/mol. The van der Waals surface area contributed by atoms with Gasteiger partial charge in [0.25, 0.3) is 0 Å². The zero-order valence-electron chi connectivity index (χ0n) is 9.18. The highest BCUT2D eigenvalue weighted by Crippen LogP contribution is 2.28. The predicted octanol–water partition coefficient (Wildman–Crippen LogP) is 3.39. The topological polar surface area (TPSA) is 43.1 Å². The largest absolute Gasteiger partial charge is 0.398 e. The van der Waals surface area contributed by atoms with Crippen LogP contribution in [0.25, 0.3) is 21.5 Å². The molecule has 3 rings (SSSR count). The van der Waals surface area contributed by atoms with E-state index >= 15 is 0 Å². The highest BCUT2D eigenvalue weighted by Gasteiger charge is 2.04. The number of nitrogens with two attached hydrogens (primary N) is 1. The molecule has 0 aliphatic rings. The lowest BCUT2D eigenvalue weighted by Crippen LogP contribution is -1.94. The number of fused-ring (bicyclic) bond motifs is 2. The fourth-order valence-electron chi connectivity index (χ4n) is 2.16. The Morgan fingerprint density at radius 2 is 1.59 bits per heavy atom. The maximum absolute atomic E-state index is 10.9. The van der Waals surface area contributed by atoms with Gasteiger partial charge in [-0.3, -0.25) is 4.79 Å². The zero-order valence-corrected chi connectivity index (χ0v) is 9.18. The molecule has 2 N–H and O–H groups in total. The third-order valence-corrected chi connectivity index (χ3v) is 3.09. The molecule has 0 saturated carbocycles. The Morgan fingerprint density at radius 3 is 2.29 bits per heavy atom. The van der Waals surface area contributed by atoms with Gasteiger partial charge in [0.1, 0.15) is 0 Å². The van der Waals surface area contributed by atoms with E-state index in [0.29, 0.717) is 11.3 Å². The fraction of sp³-hybridized carbons (Fsp3) is 0. The first-order valence-corrected chi connectivity index (χ1v) is 5.46. The van der Waals surface area contributed by atoms with E-state index in [1.165, 1.54) is 5.39 Å². The van der Waals surface area contributed by atoms with Crippen molar-refractivity contribution in [1.29, 1.82) is 0 Å². The molecule has 3 aromatic rings. The summed E-state index contributed by atoms with van der Waals surface area (Å²) in [5.41, 5.74) is 7.10. The standard InChI is InChI=1S/C15H11NO/c16-15-13(9-17)6-5-12-7-10-3-1-2-4-11(10)8-14(12)15/h1-9H,16H2. The summed E-state index contributed by atoms with van der Waals surface area (Å²) in [6, 6.07) is 15.9. The first-order valence-electron chi connectivity index (χ1n) is 5.46. The number of hydrogen-bond acceptors (Lipinski definition) is 2. The zero-order chi connectivity index (χ0) is 11.8. The van der Waals surface area contributed by atoms with Gasteiger partial charge in [-0.15, -0.1) is 0 Å². The molecule has 0 heterocycles. The number of rotatable bonds is 1. The van der Waals surface area contributed by atoms with E-state index in [-0.39, 0.29) is 0 Å². The summed E-state index contributed by atoms with van der Waals surface area (Å²) in [5.74, 6) is 0. The van der Waals surface area contributed by atoms with Crippen LogP contribution in [0.1, 0.15) is 10.4 Å². The van der Waals surface area contributed by atoms with Gasteiger partial charge in [0.2, 0.25) is 0 Å². The molecule has 0 spiro atoms. The number of hydrogen-bond donors (Lipinski definition) is 1. The van der Waals surface area contributed by atoms with Crippen molar-refractivity contribution in [2.24, 2.45) is 0 Å². The highest BCUT2D eigenvalue weighted by molar-refractivity contribution is 6.07. The number of anilines is 1. The van der Waals surface area contributed by atoms with Crippen LogP contribution in [0, 0.1) is 0 Å². The molecule has 82 valence electrons. The lowest BCUT2D eigenvalue weighted by Gasteiger charge is -2.06. The molecule has 0 unspecified atom stereocenters. The quantitative estimate of drug-likeness (QED) is 0.389. The molecular weight excluding hydrogens is 210 g/mol. The maximum Gasteiger partial charge on any atom is 0.152 e. The highest BCUT2D eigenvalue weighted by atomic mass is 16.1. The van der Waals surface area contributed by atoms with Crippen molar-refractivity contribution in [2.75, 3.05) is 5.73 Å². The van der Waals surface area contributed by atoms with E-state index < -0.39 is 0 Å². The Labute approximate surface area is 98.7 Å². The Morgan fingerprint density at radius 1 is 0.882 bits per heavy atom. The SMILES string of the molecule is Nc1c(C=O)ccc2cc3ccccc3cc12. The Bertz CT molecular complexity index is 731. The van der Waals surface area contributed by atoms with Crippen LogP contribution < -0.4 is 5.73 Å². The Balaban J connectivity index is 2.48. The van der Waals surface area contributed by atoms with Crippen LogP contribution in [0.4, 0.5) is 5.69 Å². The second-order valence-corrected chi connectivity index (χ2v) is 4.11. The molecule has 0 radical (unpaired) electrons. The van der Waals surface area contributed by atoms with Gasteiger partial charge in [-0.05, 0) is 34.4 Å². The van der Waals surface area contributed by atoms with Crippen LogP contribution in [-0.2, 0) is 0 Å². The van der Waals surface area contributed by atoms with Crippen LogP contribution in [-0.4, -0.2) is 6.29 Å². The van der Waals surface area contributed by atoms with Crippen LogP contribution in [0.3, 0.4) is 0 Å². The average Bonchev–Trinajstić information content (AvgIpc) is 2.37. The summed E-state index contributed by atoms with van der Waals surface area (Å²) in [7, 11) is 0. The first kappa shape index (κ1) is 9.85. The molecule has 0 fully saturated rings. The summed E-state index contributed by atoms with van der Waals surface area (Å²) in [4.78, 5) is 10.9. The smallest absolute Gasteiger partial charge is 0.152 e.